The third-order valence-corrected chi connectivity index (χ3v) is 3.03. The Hall–Kier alpha value is -0.570. The number of ether oxygens (including phenoxy) is 1. The Labute approximate surface area is 71.7 Å². The van der Waals surface area contributed by atoms with Gasteiger partial charge in [-0.05, 0) is 38.5 Å². The summed E-state index contributed by atoms with van der Waals surface area (Å²) in [5, 5.41) is 8.77. The summed E-state index contributed by atoms with van der Waals surface area (Å²) < 4.78 is 5.57. The zero-order valence-corrected chi connectivity index (χ0v) is 7.08. The minimum atomic E-state index is -0.791. The molecule has 68 valence electrons. The van der Waals surface area contributed by atoms with E-state index < -0.39 is 12.1 Å². The molecule has 3 heteroatoms. The molecular formula is C9H14O3. The Balaban J connectivity index is 1.98. The van der Waals surface area contributed by atoms with Crippen LogP contribution in [0.5, 0.6) is 0 Å². The van der Waals surface area contributed by atoms with E-state index in [9.17, 15) is 4.79 Å². The summed E-state index contributed by atoms with van der Waals surface area (Å²) in [7, 11) is 0. The Morgan fingerprint density at radius 1 is 1.33 bits per heavy atom. The molecule has 2 fully saturated rings. The highest BCUT2D eigenvalue weighted by Crippen LogP contribution is 2.43. The summed E-state index contributed by atoms with van der Waals surface area (Å²) in [6.07, 6.45) is 5.57. The van der Waals surface area contributed by atoms with Crippen LogP contribution in [0, 0.1) is 0 Å². The van der Waals surface area contributed by atoms with Crippen molar-refractivity contribution in [2.24, 2.45) is 0 Å². The number of hydrogen-bond acceptors (Lipinski definition) is 2. The van der Waals surface area contributed by atoms with Gasteiger partial charge in [0.2, 0.25) is 0 Å². The minimum absolute atomic E-state index is 0.0265. The van der Waals surface area contributed by atoms with Gasteiger partial charge in [0.15, 0.2) is 6.10 Å². The van der Waals surface area contributed by atoms with Crippen molar-refractivity contribution in [3.8, 4) is 0 Å². The van der Waals surface area contributed by atoms with Crippen LogP contribution < -0.4 is 0 Å². The average Bonchev–Trinajstić information content (AvgIpc) is 2.02. The molecule has 2 rings (SSSR count). The van der Waals surface area contributed by atoms with E-state index in [4.69, 9.17) is 9.84 Å². The van der Waals surface area contributed by atoms with Gasteiger partial charge in [-0.15, -0.1) is 0 Å². The zero-order valence-electron chi connectivity index (χ0n) is 7.08. The molecule has 3 nitrogen and oxygen atoms in total. The van der Waals surface area contributed by atoms with Crippen molar-refractivity contribution in [3.05, 3.63) is 0 Å². The van der Waals surface area contributed by atoms with Crippen molar-refractivity contribution >= 4 is 5.97 Å². The van der Waals surface area contributed by atoms with Gasteiger partial charge in [-0.1, -0.05) is 0 Å². The molecule has 1 saturated heterocycles. The molecule has 2 aliphatic rings. The average molecular weight is 170 g/mol. The van der Waals surface area contributed by atoms with Crippen LogP contribution in [0.4, 0.5) is 0 Å². The molecule has 0 aromatic carbocycles. The van der Waals surface area contributed by atoms with Crippen LogP contribution >= 0.6 is 0 Å². The fourth-order valence-electron chi connectivity index (χ4n) is 2.14. The Kier molecular flexibility index (Phi) is 1.83. The summed E-state index contributed by atoms with van der Waals surface area (Å²) in [5.41, 5.74) is -0.0265. The highest BCUT2D eigenvalue weighted by atomic mass is 16.5. The smallest absolute Gasteiger partial charge is 0.332 e. The number of carbonyl (C=O) groups is 1. The van der Waals surface area contributed by atoms with Gasteiger partial charge >= 0.3 is 5.97 Å². The van der Waals surface area contributed by atoms with Gasteiger partial charge in [-0.25, -0.2) is 4.79 Å². The van der Waals surface area contributed by atoms with Gasteiger partial charge in [0.05, 0.1) is 5.60 Å². The topological polar surface area (TPSA) is 46.5 Å². The first-order valence-electron chi connectivity index (χ1n) is 4.63. The Bertz CT molecular complexity index is 196. The Morgan fingerprint density at radius 2 is 2.00 bits per heavy atom. The van der Waals surface area contributed by atoms with E-state index in [1.807, 2.05) is 0 Å². The maximum atomic E-state index is 10.7. The van der Waals surface area contributed by atoms with E-state index in [1.165, 1.54) is 6.42 Å². The van der Waals surface area contributed by atoms with Crippen molar-refractivity contribution in [3.63, 3.8) is 0 Å². The van der Waals surface area contributed by atoms with E-state index in [0.29, 0.717) is 6.42 Å². The molecule has 0 radical (unpaired) electrons. The fourth-order valence-corrected chi connectivity index (χ4v) is 2.14. The van der Waals surface area contributed by atoms with Crippen LogP contribution in [-0.2, 0) is 9.53 Å². The molecule has 1 N–H and O–H groups in total. The third kappa shape index (κ3) is 1.22. The van der Waals surface area contributed by atoms with Crippen LogP contribution in [0.2, 0.25) is 0 Å². The summed E-state index contributed by atoms with van der Waals surface area (Å²) in [6.45, 7) is 0. The number of hydrogen-bond donors (Lipinski definition) is 1. The van der Waals surface area contributed by atoms with Gasteiger partial charge < -0.3 is 9.84 Å². The van der Waals surface area contributed by atoms with E-state index in [1.54, 1.807) is 0 Å². The van der Waals surface area contributed by atoms with Crippen molar-refractivity contribution < 1.29 is 14.6 Å². The van der Waals surface area contributed by atoms with Gasteiger partial charge in [0.1, 0.15) is 0 Å². The number of rotatable bonds is 1. The molecule has 1 aliphatic heterocycles. The predicted octanol–water partition coefficient (Wildman–Crippen LogP) is 1.56. The van der Waals surface area contributed by atoms with E-state index in [-0.39, 0.29) is 5.60 Å². The maximum Gasteiger partial charge on any atom is 0.332 e. The minimum Gasteiger partial charge on any atom is -0.479 e. The lowest BCUT2D eigenvalue weighted by molar-refractivity contribution is -0.192. The van der Waals surface area contributed by atoms with Gasteiger partial charge in [-0.2, -0.15) is 0 Å². The number of carboxylic acids is 1. The zero-order chi connectivity index (χ0) is 8.60. The predicted molar refractivity (Wildman–Crippen MR) is 42.9 cm³/mol. The van der Waals surface area contributed by atoms with E-state index in [0.717, 1.165) is 25.7 Å². The molecule has 0 amide bonds. The highest BCUT2D eigenvalue weighted by Gasteiger charge is 2.43. The molecule has 0 aromatic rings. The molecule has 1 atom stereocenters. The summed E-state index contributed by atoms with van der Waals surface area (Å²) in [4.78, 5) is 10.7. The molecule has 1 aliphatic carbocycles. The van der Waals surface area contributed by atoms with Crippen LogP contribution in [0.15, 0.2) is 0 Å². The molecule has 1 spiro atoms. The monoisotopic (exact) mass is 170 g/mol. The van der Waals surface area contributed by atoms with E-state index >= 15 is 0 Å². The summed E-state index contributed by atoms with van der Waals surface area (Å²) in [6, 6.07) is 0. The van der Waals surface area contributed by atoms with Gasteiger partial charge in [-0.3, -0.25) is 0 Å². The van der Waals surface area contributed by atoms with Gasteiger partial charge in [0, 0.05) is 0 Å². The lowest BCUT2D eigenvalue weighted by atomic mass is 9.74. The normalized spacial score (nSPS) is 32.8. The molecule has 1 heterocycles. The third-order valence-electron chi connectivity index (χ3n) is 3.03. The number of carboxylic acid groups (broad SMARTS) is 1. The first-order valence-corrected chi connectivity index (χ1v) is 4.63. The lowest BCUT2D eigenvalue weighted by Crippen LogP contribution is -2.48. The fraction of sp³-hybridized carbons (Fsp3) is 0.889. The first-order chi connectivity index (χ1) is 5.72. The molecular weight excluding hydrogens is 156 g/mol. The van der Waals surface area contributed by atoms with Crippen molar-refractivity contribution in [1.29, 1.82) is 0 Å². The maximum absolute atomic E-state index is 10.7. The second-order valence-corrected chi connectivity index (χ2v) is 3.87. The molecule has 1 unspecified atom stereocenters. The van der Waals surface area contributed by atoms with Crippen molar-refractivity contribution in [1.82, 2.24) is 0 Å². The first kappa shape index (κ1) is 8.05. The number of aliphatic carboxylic acids is 1. The summed E-state index contributed by atoms with van der Waals surface area (Å²) in [5.74, 6) is -0.791. The second-order valence-electron chi connectivity index (χ2n) is 3.87. The molecule has 0 bridgehead atoms. The molecule has 0 aromatic heterocycles. The van der Waals surface area contributed by atoms with Crippen molar-refractivity contribution in [2.45, 2.75) is 50.2 Å². The summed E-state index contributed by atoms with van der Waals surface area (Å²) >= 11 is 0. The Morgan fingerprint density at radius 3 is 2.50 bits per heavy atom. The van der Waals surface area contributed by atoms with E-state index in [2.05, 4.69) is 0 Å². The van der Waals surface area contributed by atoms with Crippen LogP contribution in [0.3, 0.4) is 0 Å². The lowest BCUT2D eigenvalue weighted by Gasteiger charge is -2.46. The standard InChI is InChI=1S/C9H14O3/c10-8(11)7-3-1-4-9(12-7)5-2-6-9/h7H,1-6H2,(H,10,11). The van der Waals surface area contributed by atoms with Crippen LogP contribution in [0.1, 0.15) is 38.5 Å². The highest BCUT2D eigenvalue weighted by molar-refractivity contribution is 5.72. The molecule has 1 saturated carbocycles. The quantitative estimate of drug-likeness (QED) is 0.649. The molecule has 12 heavy (non-hydrogen) atoms. The SMILES string of the molecule is O=C(O)C1CCCC2(CCC2)O1. The largest absolute Gasteiger partial charge is 0.479 e. The van der Waals surface area contributed by atoms with Crippen LogP contribution in [-0.4, -0.2) is 22.8 Å². The van der Waals surface area contributed by atoms with Crippen LogP contribution in [0.25, 0.3) is 0 Å². The van der Waals surface area contributed by atoms with Crippen molar-refractivity contribution in [2.75, 3.05) is 0 Å². The second kappa shape index (κ2) is 2.73. The van der Waals surface area contributed by atoms with Gasteiger partial charge in [0.25, 0.3) is 0 Å².